The van der Waals surface area contributed by atoms with E-state index in [2.05, 4.69) is 4.98 Å². The quantitative estimate of drug-likeness (QED) is 0.763. The van der Waals surface area contributed by atoms with Gasteiger partial charge in [0.2, 0.25) is 5.88 Å². The van der Waals surface area contributed by atoms with E-state index in [1.54, 1.807) is 12.1 Å². The van der Waals surface area contributed by atoms with Crippen LogP contribution in [0, 0.1) is 0 Å². The molecule has 0 saturated carbocycles. The molecule has 0 saturated heterocycles. The maximum Gasteiger partial charge on any atom is 0.238 e. The predicted octanol–water partition coefficient (Wildman–Crippen LogP) is 2.49. The van der Waals surface area contributed by atoms with E-state index < -0.39 is 0 Å². The summed E-state index contributed by atoms with van der Waals surface area (Å²) < 4.78 is 5.45. The highest BCUT2D eigenvalue weighted by atomic mass is 35.5. The number of ether oxygens (including phenoxy) is 1. The Bertz CT molecular complexity index is 291. The molecule has 0 radical (unpaired) electrons. The third-order valence-electron chi connectivity index (χ3n) is 1.74. The normalized spacial score (nSPS) is 12.5. The molecule has 0 aromatic carbocycles. The van der Waals surface area contributed by atoms with Gasteiger partial charge in [0.05, 0.1) is 11.8 Å². The number of hydrogen-bond acceptors (Lipinski definition) is 3. The fourth-order valence-corrected chi connectivity index (χ4v) is 0.937. The van der Waals surface area contributed by atoms with Crippen molar-refractivity contribution in [3.8, 4) is 5.88 Å². The topological polar surface area (TPSA) is 48.1 Å². The summed E-state index contributed by atoms with van der Waals surface area (Å²) in [5, 5.41) is 0.396. The number of aromatic nitrogens is 1. The van der Waals surface area contributed by atoms with Crippen molar-refractivity contribution >= 4 is 17.3 Å². The summed E-state index contributed by atoms with van der Waals surface area (Å²) in [7, 11) is 0. The molecule has 1 rings (SSSR count). The van der Waals surface area contributed by atoms with Crippen LogP contribution in [-0.4, -0.2) is 11.1 Å². The molecule has 0 aliphatic rings. The van der Waals surface area contributed by atoms with E-state index in [-0.39, 0.29) is 6.10 Å². The van der Waals surface area contributed by atoms with Crippen LogP contribution in [0.25, 0.3) is 0 Å². The zero-order valence-electron chi connectivity index (χ0n) is 7.75. The Balaban J connectivity index is 2.81. The van der Waals surface area contributed by atoms with Gasteiger partial charge in [0.1, 0.15) is 5.15 Å². The zero-order valence-corrected chi connectivity index (χ0v) is 8.51. The van der Waals surface area contributed by atoms with Gasteiger partial charge in [-0.1, -0.05) is 18.5 Å². The summed E-state index contributed by atoms with van der Waals surface area (Å²) in [5.74, 6) is 0.418. The first-order chi connectivity index (χ1) is 6.13. The predicted molar refractivity (Wildman–Crippen MR) is 54.0 cm³/mol. The number of pyridine rings is 1. The second-order valence-corrected chi connectivity index (χ2v) is 3.25. The molecule has 13 heavy (non-hydrogen) atoms. The van der Waals surface area contributed by atoms with Crippen LogP contribution in [0.2, 0.25) is 5.15 Å². The number of hydrogen-bond donors (Lipinski definition) is 1. The fourth-order valence-electron chi connectivity index (χ4n) is 0.797. The molecule has 0 spiro atoms. The Morgan fingerprint density at radius 2 is 2.31 bits per heavy atom. The zero-order chi connectivity index (χ0) is 9.84. The Kier molecular flexibility index (Phi) is 3.37. The van der Waals surface area contributed by atoms with Gasteiger partial charge in [-0.15, -0.1) is 0 Å². The second-order valence-electron chi connectivity index (χ2n) is 2.87. The first-order valence-electron chi connectivity index (χ1n) is 4.22. The van der Waals surface area contributed by atoms with Crippen molar-refractivity contribution in [2.75, 3.05) is 5.73 Å². The van der Waals surface area contributed by atoms with E-state index in [4.69, 9.17) is 22.1 Å². The standard InChI is InChI=1S/C9H13ClN2O/c1-3-6(2)13-9-7(11)4-5-8(10)12-9/h4-6H,3,11H2,1-2H3. The summed E-state index contributed by atoms with van der Waals surface area (Å²) in [6.45, 7) is 3.99. The van der Waals surface area contributed by atoms with Crippen LogP contribution < -0.4 is 10.5 Å². The highest BCUT2D eigenvalue weighted by molar-refractivity contribution is 6.29. The summed E-state index contributed by atoms with van der Waals surface area (Å²) in [4.78, 5) is 3.98. The molecule has 0 bridgehead atoms. The summed E-state index contributed by atoms with van der Waals surface area (Å²) in [6.07, 6.45) is 1.02. The van der Waals surface area contributed by atoms with Gasteiger partial charge in [-0.3, -0.25) is 0 Å². The van der Waals surface area contributed by atoms with Crippen LogP contribution in [0.3, 0.4) is 0 Å². The molecular formula is C9H13ClN2O. The molecule has 2 N–H and O–H groups in total. The van der Waals surface area contributed by atoms with Gasteiger partial charge in [-0.2, -0.15) is 4.98 Å². The van der Waals surface area contributed by atoms with Crippen LogP contribution in [0.15, 0.2) is 12.1 Å². The van der Waals surface area contributed by atoms with E-state index in [0.717, 1.165) is 6.42 Å². The Morgan fingerprint density at radius 1 is 1.62 bits per heavy atom. The monoisotopic (exact) mass is 200 g/mol. The van der Waals surface area contributed by atoms with Crippen LogP contribution >= 0.6 is 11.6 Å². The molecule has 1 aromatic heterocycles. The molecule has 1 aromatic rings. The van der Waals surface area contributed by atoms with Crippen LogP contribution in [0.4, 0.5) is 5.69 Å². The maximum absolute atomic E-state index is 5.70. The minimum atomic E-state index is 0.105. The molecule has 0 aliphatic carbocycles. The van der Waals surface area contributed by atoms with E-state index >= 15 is 0 Å². The summed E-state index contributed by atoms with van der Waals surface area (Å²) in [5.41, 5.74) is 6.16. The first-order valence-corrected chi connectivity index (χ1v) is 4.60. The van der Waals surface area contributed by atoms with Crippen LogP contribution in [-0.2, 0) is 0 Å². The van der Waals surface area contributed by atoms with Gasteiger partial charge >= 0.3 is 0 Å². The van der Waals surface area contributed by atoms with Crippen molar-refractivity contribution in [2.45, 2.75) is 26.4 Å². The lowest BCUT2D eigenvalue weighted by atomic mass is 10.3. The SMILES string of the molecule is CCC(C)Oc1nc(Cl)ccc1N. The molecule has 0 fully saturated rings. The number of nitrogens with two attached hydrogens (primary N) is 1. The molecular weight excluding hydrogens is 188 g/mol. The molecule has 1 atom stereocenters. The lowest BCUT2D eigenvalue weighted by Crippen LogP contribution is -2.12. The summed E-state index contributed by atoms with van der Waals surface area (Å²) in [6, 6.07) is 3.33. The van der Waals surface area contributed by atoms with Crippen molar-refractivity contribution < 1.29 is 4.74 Å². The average Bonchev–Trinajstić information content (AvgIpc) is 2.11. The van der Waals surface area contributed by atoms with Crippen molar-refractivity contribution in [1.82, 2.24) is 4.98 Å². The van der Waals surface area contributed by atoms with Crippen molar-refractivity contribution in [3.63, 3.8) is 0 Å². The van der Waals surface area contributed by atoms with E-state index in [1.165, 1.54) is 0 Å². The number of nitrogen functional groups attached to an aromatic ring is 1. The third-order valence-corrected chi connectivity index (χ3v) is 1.95. The molecule has 0 amide bonds. The second kappa shape index (κ2) is 4.33. The molecule has 1 unspecified atom stereocenters. The van der Waals surface area contributed by atoms with Crippen molar-refractivity contribution in [2.24, 2.45) is 0 Å². The lowest BCUT2D eigenvalue weighted by Gasteiger charge is -2.12. The van der Waals surface area contributed by atoms with Crippen LogP contribution in [0.5, 0.6) is 5.88 Å². The van der Waals surface area contributed by atoms with Crippen molar-refractivity contribution in [3.05, 3.63) is 17.3 Å². The summed E-state index contributed by atoms with van der Waals surface area (Å²) >= 11 is 5.70. The lowest BCUT2D eigenvalue weighted by molar-refractivity contribution is 0.210. The number of nitrogens with zero attached hydrogens (tertiary/aromatic N) is 1. The van der Waals surface area contributed by atoms with Gasteiger partial charge in [-0.05, 0) is 25.5 Å². The molecule has 3 nitrogen and oxygen atoms in total. The highest BCUT2D eigenvalue weighted by Gasteiger charge is 2.06. The number of anilines is 1. The van der Waals surface area contributed by atoms with Gasteiger partial charge in [0, 0.05) is 0 Å². The van der Waals surface area contributed by atoms with Gasteiger partial charge in [-0.25, -0.2) is 0 Å². The molecule has 1 heterocycles. The van der Waals surface area contributed by atoms with E-state index in [9.17, 15) is 0 Å². The Labute approximate surface area is 82.9 Å². The molecule has 4 heteroatoms. The fraction of sp³-hybridized carbons (Fsp3) is 0.444. The van der Waals surface area contributed by atoms with Gasteiger partial charge < -0.3 is 10.5 Å². The maximum atomic E-state index is 5.70. The van der Waals surface area contributed by atoms with E-state index in [0.29, 0.717) is 16.7 Å². The first kappa shape index (κ1) is 10.1. The smallest absolute Gasteiger partial charge is 0.238 e. The van der Waals surface area contributed by atoms with Crippen LogP contribution in [0.1, 0.15) is 20.3 Å². The van der Waals surface area contributed by atoms with Gasteiger partial charge in [0.15, 0.2) is 0 Å². The minimum Gasteiger partial charge on any atom is -0.473 e. The largest absolute Gasteiger partial charge is 0.473 e. The Hall–Kier alpha value is -0.960. The van der Waals surface area contributed by atoms with E-state index in [1.807, 2.05) is 13.8 Å². The average molecular weight is 201 g/mol. The number of halogens is 1. The van der Waals surface area contributed by atoms with Crippen molar-refractivity contribution in [1.29, 1.82) is 0 Å². The molecule has 0 aliphatic heterocycles. The Morgan fingerprint density at radius 3 is 2.92 bits per heavy atom. The number of rotatable bonds is 3. The third kappa shape index (κ3) is 2.77. The highest BCUT2D eigenvalue weighted by Crippen LogP contribution is 2.22. The van der Waals surface area contributed by atoms with Gasteiger partial charge in [0.25, 0.3) is 0 Å². The minimum absolute atomic E-state index is 0.105. The molecule has 72 valence electrons.